The van der Waals surface area contributed by atoms with Crippen molar-refractivity contribution in [3.63, 3.8) is 0 Å². The number of nitrogens with two attached hydrogens (primary N) is 1. The second kappa shape index (κ2) is 5.65. The Morgan fingerprint density at radius 2 is 2.05 bits per heavy atom. The number of benzene rings is 1. The van der Waals surface area contributed by atoms with Gasteiger partial charge in [0.2, 0.25) is 0 Å². The molecule has 0 amide bonds. The molecule has 0 aliphatic heterocycles. The second-order valence-corrected chi connectivity index (χ2v) is 4.24. The van der Waals surface area contributed by atoms with Gasteiger partial charge in [0.05, 0.1) is 23.7 Å². The third-order valence-corrected chi connectivity index (χ3v) is 2.94. The minimum atomic E-state index is 0.625. The lowest BCUT2D eigenvalue weighted by Crippen LogP contribution is -2.03. The van der Waals surface area contributed by atoms with Crippen molar-refractivity contribution < 1.29 is 4.74 Å². The number of nitrogen functional groups attached to an aromatic ring is 1. The summed E-state index contributed by atoms with van der Waals surface area (Å²) in [6.45, 7) is 4.63. The third-order valence-electron chi connectivity index (χ3n) is 2.94. The summed E-state index contributed by atoms with van der Waals surface area (Å²) in [4.78, 5) is 0. The maximum atomic E-state index is 6.10. The standard InChI is InChI=1S/C14H20N4O/c1-4-10-13(15)14(18(3)17-10)16-11-8-6-7-9-12(11)19-5-2/h6-9,16H,4-5,15H2,1-3H3. The Bertz CT molecular complexity index is 563. The number of hydrogen-bond donors (Lipinski definition) is 2. The fraction of sp³-hybridized carbons (Fsp3) is 0.357. The van der Waals surface area contributed by atoms with E-state index >= 15 is 0 Å². The highest BCUT2D eigenvalue weighted by molar-refractivity contribution is 5.74. The van der Waals surface area contributed by atoms with Gasteiger partial charge in [-0.3, -0.25) is 4.68 Å². The molecule has 0 aliphatic rings. The van der Waals surface area contributed by atoms with Gasteiger partial charge in [-0.25, -0.2) is 0 Å². The quantitative estimate of drug-likeness (QED) is 0.867. The largest absolute Gasteiger partial charge is 0.492 e. The molecule has 2 rings (SSSR count). The Morgan fingerprint density at radius 1 is 1.32 bits per heavy atom. The molecule has 5 heteroatoms. The van der Waals surface area contributed by atoms with E-state index in [2.05, 4.69) is 10.4 Å². The number of para-hydroxylation sites is 2. The highest BCUT2D eigenvalue weighted by Crippen LogP contribution is 2.31. The molecule has 0 radical (unpaired) electrons. The first-order chi connectivity index (χ1) is 9.17. The van der Waals surface area contributed by atoms with Crippen LogP contribution >= 0.6 is 0 Å². The van der Waals surface area contributed by atoms with E-state index in [1.807, 2.05) is 45.2 Å². The van der Waals surface area contributed by atoms with Crippen molar-refractivity contribution in [1.29, 1.82) is 0 Å². The number of nitrogens with one attached hydrogen (secondary N) is 1. The first kappa shape index (κ1) is 13.3. The lowest BCUT2D eigenvalue weighted by atomic mass is 10.2. The Kier molecular flexibility index (Phi) is 3.94. The van der Waals surface area contributed by atoms with Crippen LogP contribution in [0.5, 0.6) is 5.75 Å². The van der Waals surface area contributed by atoms with Crippen molar-refractivity contribution >= 4 is 17.2 Å². The summed E-state index contributed by atoms with van der Waals surface area (Å²) in [7, 11) is 1.88. The van der Waals surface area contributed by atoms with E-state index in [1.165, 1.54) is 0 Å². The smallest absolute Gasteiger partial charge is 0.152 e. The van der Waals surface area contributed by atoms with Crippen molar-refractivity contribution in [2.24, 2.45) is 7.05 Å². The van der Waals surface area contributed by atoms with Crippen LogP contribution in [0.1, 0.15) is 19.5 Å². The molecule has 1 aromatic carbocycles. The monoisotopic (exact) mass is 260 g/mol. The molecule has 19 heavy (non-hydrogen) atoms. The summed E-state index contributed by atoms with van der Waals surface area (Å²) >= 11 is 0. The van der Waals surface area contributed by atoms with E-state index in [1.54, 1.807) is 4.68 Å². The van der Waals surface area contributed by atoms with Crippen molar-refractivity contribution in [2.75, 3.05) is 17.7 Å². The topological polar surface area (TPSA) is 65.1 Å². The maximum absolute atomic E-state index is 6.10. The Morgan fingerprint density at radius 3 is 2.68 bits per heavy atom. The van der Waals surface area contributed by atoms with Gasteiger partial charge in [-0.15, -0.1) is 0 Å². The van der Waals surface area contributed by atoms with Gasteiger partial charge in [-0.05, 0) is 25.5 Å². The molecule has 5 nitrogen and oxygen atoms in total. The molecule has 0 saturated heterocycles. The molecule has 102 valence electrons. The van der Waals surface area contributed by atoms with Crippen LogP contribution in [-0.2, 0) is 13.5 Å². The van der Waals surface area contributed by atoms with Crippen molar-refractivity contribution in [1.82, 2.24) is 9.78 Å². The molecule has 0 atom stereocenters. The average molecular weight is 260 g/mol. The second-order valence-electron chi connectivity index (χ2n) is 4.24. The molecule has 3 N–H and O–H groups in total. The molecule has 2 aromatic rings. The minimum Gasteiger partial charge on any atom is -0.492 e. The molecule has 1 aromatic heterocycles. The van der Waals surface area contributed by atoms with Gasteiger partial charge < -0.3 is 15.8 Å². The van der Waals surface area contributed by atoms with E-state index in [9.17, 15) is 0 Å². The summed E-state index contributed by atoms with van der Waals surface area (Å²) < 4.78 is 7.35. The zero-order valence-corrected chi connectivity index (χ0v) is 11.6. The van der Waals surface area contributed by atoms with Gasteiger partial charge in [0.15, 0.2) is 5.82 Å². The molecule has 0 unspecified atom stereocenters. The van der Waals surface area contributed by atoms with Crippen molar-refractivity contribution in [2.45, 2.75) is 20.3 Å². The van der Waals surface area contributed by atoms with Crippen LogP contribution in [0.2, 0.25) is 0 Å². The highest BCUT2D eigenvalue weighted by atomic mass is 16.5. The highest BCUT2D eigenvalue weighted by Gasteiger charge is 2.13. The van der Waals surface area contributed by atoms with E-state index in [4.69, 9.17) is 10.5 Å². The molecule has 1 heterocycles. The molecule has 0 fully saturated rings. The van der Waals surface area contributed by atoms with E-state index in [0.29, 0.717) is 12.3 Å². The fourth-order valence-electron chi connectivity index (χ4n) is 1.98. The van der Waals surface area contributed by atoms with Crippen LogP contribution in [0.25, 0.3) is 0 Å². The molecular weight excluding hydrogens is 240 g/mol. The van der Waals surface area contributed by atoms with Gasteiger partial charge in [-0.2, -0.15) is 5.10 Å². The first-order valence-electron chi connectivity index (χ1n) is 6.47. The summed E-state index contributed by atoms with van der Waals surface area (Å²) in [5.74, 6) is 1.60. The number of nitrogens with zero attached hydrogens (tertiary/aromatic N) is 2. The summed E-state index contributed by atoms with van der Waals surface area (Å²) in [6, 6.07) is 7.79. The zero-order valence-electron chi connectivity index (χ0n) is 11.6. The number of hydrogen-bond acceptors (Lipinski definition) is 4. The van der Waals surface area contributed by atoms with E-state index in [0.717, 1.165) is 29.4 Å². The third kappa shape index (κ3) is 2.65. The van der Waals surface area contributed by atoms with E-state index in [-0.39, 0.29) is 0 Å². The number of rotatable bonds is 5. The van der Waals surface area contributed by atoms with Crippen LogP contribution in [0.15, 0.2) is 24.3 Å². The van der Waals surface area contributed by atoms with Gasteiger partial charge in [0, 0.05) is 7.05 Å². The SMILES string of the molecule is CCOc1ccccc1Nc1c(N)c(CC)nn1C. The Balaban J connectivity index is 2.33. The van der Waals surface area contributed by atoms with Gasteiger partial charge >= 0.3 is 0 Å². The number of anilines is 3. The van der Waals surface area contributed by atoms with Crippen LogP contribution in [0, 0.1) is 0 Å². The van der Waals surface area contributed by atoms with Crippen LogP contribution in [0.4, 0.5) is 17.2 Å². The van der Waals surface area contributed by atoms with Crippen LogP contribution in [0.3, 0.4) is 0 Å². The molecule has 0 spiro atoms. The fourth-order valence-corrected chi connectivity index (χ4v) is 1.98. The predicted molar refractivity (Wildman–Crippen MR) is 77.9 cm³/mol. The van der Waals surface area contributed by atoms with Gasteiger partial charge in [-0.1, -0.05) is 19.1 Å². The van der Waals surface area contributed by atoms with Crippen LogP contribution < -0.4 is 15.8 Å². The summed E-state index contributed by atoms with van der Waals surface area (Å²) in [5, 5.41) is 7.69. The Labute approximate surface area is 113 Å². The van der Waals surface area contributed by atoms with Gasteiger partial charge in [0.1, 0.15) is 5.75 Å². The van der Waals surface area contributed by atoms with Gasteiger partial charge in [0.25, 0.3) is 0 Å². The lowest BCUT2D eigenvalue weighted by molar-refractivity contribution is 0.342. The zero-order chi connectivity index (χ0) is 13.8. The number of aromatic nitrogens is 2. The normalized spacial score (nSPS) is 10.5. The number of ether oxygens (including phenoxy) is 1. The molecule has 0 bridgehead atoms. The van der Waals surface area contributed by atoms with Crippen LogP contribution in [-0.4, -0.2) is 16.4 Å². The molecule has 0 saturated carbocycles. The van der Waals surface area contributed by atoms with Crippen molar-refractivity contribution in [3.8, 4) is 5.75 Å². The van der Waals surface area contributed by atoms with Crippen molar-refractivity contribution in [3.05, 3.63) is 30.0 Å². The summed E-state index contributed by atoms with van der Waals surface area (Å²) in [5.41, 5.74) is 8.58. The first-order valence-corrected chi connectivity index (χ1v) is 6.47. The average Bonchev–Trinajstić information content (AvgIpc) is 2.68. The predicted octanol–water partition coefficient (Wildman–Crippen LogP) is 2.71. The van der Waals surface area contributed by atoms with E-state index < -0.39 is 0 Å². The molecule has 0 aliphatic carbocycles. The minimum absolute atomic E-state index is 0.625. The Hall–Kier alpha value is -2.17. The molecular formula is C14H20N4O. The lowest BCUT2D eigenvalue weighted by Gasteiger charge is -2.12. The maximum Gasteiger partial charge on any atom is 0.152 e. The summed E-state index contributed by atoms with van der Waals surface area (Å²) in [6.07, 6.45) is 0.814. The number of aryl methyl sites for hydroxylation is 2.